The van der Waals surface area contributed by atoms with Gasteiger partial charge < -0.3 is 4.90 Å². The van der Waals surface area contributed by atoms with Gasteiger partial charge in [0.25, 0.3) is 0 Å². The van der Waals surface area contributed by atoms with E-state index < -0.39 is 0 Å². The number of nitrogens with zero attached hydrogens (tertiary/aromatic N) is 1. The lowest BCUT2D eigenvalue weighted by molar-refractivity contribution is -0.148. The molecule has 1 aliphatic heterocycles. The van der Waals surface area contributed by atoms with Crippen molar-refractivity contribution in [2.75, 3.05) is 0 Å². The topological polar surface area (TPSA) is 20.3 Å². The summed E-state index contributed by atoms with van der Waals surface area (Å²) in [6, 6.07) is 11.1. The summed E-state index contributed by atoms with van der Waals surface area (Å²) in [7, 11) is 0. The van der Waals surface area contributed by atoms with Gasteiger partial charge in [0.15, 0.2) is 0 Å². The van der Waals surface area contributed by atoms with Crippen molar-refractivity contribution in [1.29, 1.82) is 0 Å². The fraction of sp³-hybridized carbons (Fsp3) is 0.471. The second-order valence-electron chi connectivity index (χ2n) is 5.63. The molecule has 2 heteroatoms. The van der Waals surface area contributed by atoms with E-state index in [1.807, 2.05) is 18.2 Å². The zero-order valence-electron chi connectivity index (χ0n) is 11.3. The molecule has 2 aliphatic rings. The number of carbonyl (C=O) groups is 1. The van der Waals surface area contributed by atoms with E-state index in [9.17, 15) is 4.79 Å². The van der Waals surface area contributed by atoms with E-state index in [4.69, 9.17) is 0 Å². The fourth-order valence-corrected chi connectivity index (χ4v) is 3.24. The average molecular weight is 255 g/mol. The maximum Gasteiger partial charge on any atom is 0.225 e. The van der Waals surface area contributed by atoms with Crippen LogP contribution in [-0.2, 0) is 4.79 Å². The Balaban J connectivity index is 1.65. The van der Waals surface area contributed by atoms with Gasteiger partial charge in [-0.2, -0.15) is 0 Å². The SMILES string of the molecule is O=C1CC(/C=C/c2ccccc2)N1C1CCCCC1. The van der Waals surface area contributed by atoms with Crippen LogP contribution in [0.5, 0.6) is 0 Å². The molecule has 1 amide bonds. The molecule has 1 aromatic rings. The van der Waals surface area contributed by atoms with Crippen molar-refractivity contribution >= 4 is 12.0 Å². The number of likely N-dealkylation sites (tertiary alicyclic amines) is 1. The molecule has 1 saturated carbocycles. The normalized spacial score (nSPS) is 24.7. The fourth-order valence-electron chi connectivity index (χ4n) is 3.24. The minimum atomic E-state index is 0.329. The summed E-state index contributed by atoms with van der Waals surface area (Å²) in [6.07, 6.45) is 11.3. The minimum absolute atomic E-state index is 0.329. The van der Waals surface area contributed by atoms with Gasteiger partial charge in [0.05, 0.1) is 12.5 Å². The Morgan fingerprint density at radius 1 is 1.05 bits per heavy atom. The second-order valence-corrected chi connectivity index (χ2v) is 5.63. The number of benzene rings is 1. The molecule has 2 fully saturated rings. The first-order chi connectivity index (χ1) is 9.34. The lowest BCUT2D eigenvalue weighted by Crippen LogP contribution is -2.56. The predicted molar refractivity (Wildman–Crippen MR) is 77.6 cm³/mol. The van der Waals surface area contributed by atoms with Crippen molar-refractivity contribution in [3.8, 4) is 0 Å². The van der Waals surface area contributed by atoms with E-state index >= 15 is 0 Å². The molecule has 1 unspecified atom stereocenters. The summed E-state index contributed by atoms with van der Waals surface area (Å²) in [6.45, 7) is 0. The average Bonchev–Trinajstić information content (AvgIpc) is 2.45. The van der Waals surface area contributed by atoms with Gasteiger partial charge in [-0.1, -0.05) is 61.7 Å². The minimum Gasteiger partial charge on any atom is -0.333 e. The highest BCUT2D eigenvalue weighted by Gasteiger charge is 2.39. The van der Waals surface area contributed by atoms with Crippen molar-refractivity contribution in [2.24, 2.45) is 0 Å². The molecule has 2 nitrogen and oxygen atoms in total. The second kappa shape index (κ2) is 5.60. The van der Waals surface area contributed by atoms with Crippen LogP contribution in [0.4, 0.5) is 0 Å². The smallest absolute Gasteiger partial charge is 0.225 e. The van der Waals surface area contributed by atoms with Crippen molar-refractivity contribution in [2.45, 2.75) is 50.6 Å². The number of carbonyl (C=O) groups excluding carboxylic acids is 1. The molecule has 100 valence electrons. The van der Waals surface area contributed by atoms with Crippen molar-refractivity contribution in [1.82, 2.24) is 4.90 Å². The first-order valence-electron chi connectivity index (χ1n) is 7.39. The Morgan fingerprint density at radius 2 is 1.79 bits per heavy atom. The third-order valence-corrected chi connectivity index (χ3v) is 4.31. The van der Waals surface area contributed by atoms with E-state index in [1.54, 1.807) is 0 Å². The number of hydrogen-bond donors (Lipinski definition) is 0. The van der Waals surface area contributed by atoms with Gasteiger partial charge in [0.1, 0.15) is 0 Å². The largest absolute Gasteiger partial charge is 0.333 e. The lowest BCUT2D eigenvalue weighted by atomic mass is 9.88. The highest BCUT2D eigenvalue weighted by molar-refractivity contribution is 5.84. The molecule has 0 aromatic heterocycles. The van der Waals surface area contributed by atoms with E-state index in [0.717, 1.165) is 0 Å². The molecule has 0 N–H and O–H groups in total. The summed E-state index contributed by atoms with van der Waals surface area (Å²) >= 11 is 0. The quantitative estimate of drug-likeness (QED) is 0.755. The summed E-state index contributed by atoms with van der Waals surface area (Å²) < 4.78 is 0. The highest BCUT2D eigenvalue weighted by atomic mass is 16.2. The third kappa shape index (κ3) is 2.73. The molecule has 1 aromatic carbocycles. The molecule has 3 rings (SSSR count). The maximum absolute atomic E-state index is 11.8. The number of β-lactam (4-membered cyclic amide) rings is 1. The third-order valence-electron chi connectivity index (χ3n) is 4.31. The van der Waals surface area contributed by atoms with Crippen LogP contribution in [0.15, 0.2) is 36.4 Å². The molecular weight excluding hydrogens is 234 g/mol. The molecule has 0 spiro atoms. The van der Waals surface area contributed by atoms with Gasteiger partial charge >= 0.3 is 0 Å². The van der Waals surface area contributed by atoms with Crippen LogP contribution in [-0.4, -0.2) is 22.9 Å². The van der Waals surface area contributed by atoms with Gasteiger partial charge in [-0.3, -0.25) is 4.79 Å². The summed E-state index contributed by atoms with van der Waals surface area (Å²) in [5, 5.41) is 0. The molecule has 1 heterocycles. The molecule has 1 atom stereocenters. The lowest BCUT2D eigenvalue weighted by Gasteiger charge is -2.46. The van der Waals surface area contributed by atoms with Crippen LogP contribution >= 0.6 is 0 Å². The van der Waals surface area contributed by atoms with Crippen molar-refractivity contribution in [3.63, 3.8) is 0 Å². The Bertz CT molecular complexity index is 459. The van der Waals surface area contributed by atoms with Crippen molar-refractivity contribution < 1.29 is 4.79 Å². The zero-order chi connectivity index (χ0) is 13.1. The molecule has 1 aliphatic carbocycles. The number of rotatable bonds is 3. The van der Waals surface area contributed by atoms with Gasteiger partial charge in [-0.25, -0.2) is 0 Å². The van der Waals surface area contributed by atoms with Crippen LogP contribution in [0.25, 0.3) is 6.08 Å². The summed E-state index contributed by atoms with van der Waals surface area (Å²) in [5.41, 5.74) is 1.21. The van der Waals surface area contributed by atoms with Gasteiger partial charge in [0, 0.05) is 6.04 Å². The van der Waals surface area contributed by atoms with E-state index in [1.165, 1.54) is 37.7 Å². The van der Waals surface area contributed by atoms with E-state index in [0.29, 0.717) is 24.4 Å². The van der Waals surface area contributed by atoms with Crippen LogP contribution in [0, 0.1) is 0 Å². The molecule has 0 bridgehead atoms. The Morgan fingerprint density at radius 3 is 2.47 bits per heavy atom. The van der Waals surface area contributed by atoms with Crippen molar-refractivity contribution in [3.05, 3.63) is 42.0 Å². The monoisotopic (exact) mass is 255 g/mol. The predicted octanol–water partition coefficient (Wildman–Crippen LogP) is 3.63. The Kier molecular flexibility index (Phi) is 3.67. The number of amides is 1. The molecule has 19 heavy (non-hydrogen) atoms. The van der Waals surface area contributed by atoms with E-state index in [-0.39, 0.29) is 0 Å². The summed E-state index contributed by atoms with van der Waals surface area (Å²) in [5.74, 6) is 0.342. The first kappa shape index (κ1) is 12.5. The highest BCUT2D eigenvalue weighted by Crippen LogP contribution is 2.31. The van der Waals surface area contributed by atoms with Crippen LogP contribution in [0.2, 0.25) is 0 Å². The molecule has 1 saturated heterocycles. The Hall–Kier alpha value is -1.57. The molecular formula is C17H21NO. The van der Waals surface area contributed by atoms with Gasteiger partial charge in [0.2, 0.25) is 5.91 Å². The number of hydrogen-bond acceptors (Lipinski definition) is 1. The zero-order valence-corrected chi connectivity index (χ0v) is 11.3. The summed E-state index contributed by atoms with van der Waals surface area (Å²) in [4.78, 5) is 14.0. The van der Waals surface area contributed by atoms with E-state index in [2.05, 4.69) is 29.2 Å². The maximum atomic E-state index is 11.8. The van der Waals surface area contributed by atoms with Crippen LogP contribution in [0.3, 0.4) is 0 Å². The Labute approximate surface area is 115 Å². The standard InChI is InChI=1S/C17H21NO/c19-17-13-16(12-11-14-7-3-1-4-8-14)18(17)15-9-5-2-6-10-15/h1,3-4,7-8,11-12,15-16H,2,5-6,9-10,13H2/b12-11+. The van der Waals surface area contributed by atoms with Gasteiger partial charge in [-0.15, -0.1) is 0 Å². The van der Waals surface area contributed by atoms with Gasteiger partial charge in [-0.05, 0) is 18.4 Å². The van der Waals surface area contributed by atoms with Crippen LogP contribution in [0.1, 0.15) is 44.1 Å². The van der Waals surface area contributed by atoms with Crippen LogP contribution < -0.4 is 0 Å². The molecule has 0 radical (unpaired) electrons. The first-order valence-corrected chi connectivity index (χ1v) is 7.39.